The van der Waals surface area contributed by atoms with Gasteiger partial charge in [0.05, 0.1) is 0 Å². The van der Waals surface area contributed by atoms with Gasteiger partial charge >= 0.3 is 5.97 Å². The van der Waals surface area contributed by atoms with Crippen molar-refractivity contribution >= 4 is 33.3 Å². The molecule has 0 rings (SSSR count). The van der Waals surface area contributed by atoms with E-state index in [1.54, 1.807) is 0 Å². The predicted molar refractivity (Wildman–Crippen MR) is 92.9 cm³/mol. The molecule has 0 aromatic carbocycles. The van der Waals surface area contributed by atoms with Crippen LogP contribution < -0.4 is 0 Å². The molecule has 1 N–H and O–H groups in total. The summed E-state index contributed by atoms with van der Waals surface area (Å²) in [5.41, 5.74) is 0. The van der Waals surface area contributed by atoms with Gasteiger partial charge in [-0.25, -0.2) is 0 Å². The van der Waals surface area contributed by atoms with Crippen LogP contribution in [0.25, 0.3) is 0 Å². The van der Waals surface area contributed by atoms with Gasteiger partial charge in [-0.05, 0) is 6.42 Å². The smallest absolute Gasteiger partial charge is 0.303 e. The summed E-state index contributed by atoms with van der Waals surface area (Å²) in [6.45, 7) is 2.27. The average Bonchev–Trinajstić information content (AvgIpc) is 2.43. The molecule has 0 fully saturated rings. The number of aliphatic carboxylic acids is 1. The molecule has 124 valence electrons. The fraction of sp³-hybridized carbons (Fsp3) is 0.944. The number of unbranched alkanes of at least 4 members (excludes halogenated alkanes) is 14. The number of carbonyl (C=O) groups is 1. The zero-order valence-corrected chi connectivity index (χ0v) is 18.1. The minimum absolute atomic E-state index is 0. The van der Waals surface area contributed by atoms with E-state index in [2.05, 4.69) is 6.92 Å². The average molecular weight is 492 g/mol. The van der Waals surface area contributed by atoms with Crippen LogP contribution >= 0.6 is 0 Å². The van der Waals surface area contributed by atoms with Crippen LogP contribution in [0, 0.1) is 0 Å². The molecule has 0 amide bonds. The topological polar surface area (TPSA) is 37.3 Å². The fourth-order valence-electron chi connectivity index (χ4n) is 2.65. The maximum Gasteiger partial charge on any atom is 0.303 e. The van der Waals surface area contributed by atoms with E-state index in [0.717, 1.165) is 12.8 Å². The molecule has 2 nitrogen and oxygen atoms in total. The summed E-state index contributed by atoms with van der Waals surface area (Å²) in [6, 6.07) is 0. The van der Waals surface area contributed by atoms with E-state index in [1.165, 1.54) is 83.5 Å². The Morgan fingerprint density at radius 2 is 0.905 bits per heavy atom. The molecular weight excluding hydrogens is 455 g/mol. The minimum atomic E-state index is -0.653. The van der Waals surface area contributed by atoms with Crippen molar-refractivity contribution in [1.29, 1.82) is 0 Å². The van der Waals surface area contributed by atoms with Crippen LogP contribution in [0.4, 0.5) is 0 Å². The van der Waals surface area contributed by atoms with E-state index in [1.807, 2.05) is 0 Å². The zero-order chi connectivity index (χ0) is 14.9. The summed E-state index contributed by atoms with van der Waals surface area (Å²) in [4.78, 5) is 10.3. The second-order valence-electron chi connectivity index (χ2n) is 6.09. The first kappa shape index (κ1) is 23.7. The third-order valence-corrected chi connectivity index (χ3v) is 3.99. The van der Waals surface area contributed by atoms with Gasteiger partial charge in [0.2, 0.25) is 0 Å². The maximum atomic E-state index is 10.3. The second-order valence-corrected chi connectivity index (χ2v) is 6.09. The van der Waals surface area contributed by atoms with Gasteiger partial charge in [-0.2, -0.15) is 0 Å². The molecule has 0 unspecified atom stereocenters. The molecule has 0 spiro atoms. The van der Waals surface area contributed by atoms with E-state index in [9.17, 15) is 4.79 Å². The van der Waals surface area contributed by atoms with Crippen LogP contribution in [0.1, 0.15) is 110 Å². The Hall–Kier alpha value is 0.392. The number of carboxylic acid groups (broad SMARTS) is 1. The molecule has 0 aromatic heterocycles. The fourth-order valence-corrected chi connectivity index (χ4v) is 2.65. The van der Waals surface area contributed by atoms with Crippen LogP contribution in [0.2, 0.25) is 0 Å². The molecule has 0 aromatic rings. The van der Waals surface area contributed by atoms with Gasteiger partial charge in [0.15, 0.2) is 0 Å². The zero-order valence-electron chi connectivity index (χ0n) is 14.2. The van der Waals surface area contributed by atoms with Crippen LogP contribution in [-0.2, 0) is 4.79 Å². The Labute approximate surface area is 152 Å². The SMILES string of the molecule is CCCCCCCCCCCCCCCCCC(=O)O.[Pb]. The molecule has 4 radical (unpaired) electrons. The van der Waals surface area contributed by atoms with Crippen molar-refractivity contribution in [3.05, 3.63) is 0 Å². The molecule has 0 aliphatic heterocycles. The van der Waals surface area contributed by atoms with Crippen LogP contribution in [0.5, 0.6) is 0 Å². The molecule has 0 aliphatic rings. The Balaban J connectivity index is 0. The van der Waals surface area contributed by atoms with Crippen LogP contribution in [-0.4, -0.2) is 38.4 Å². The predicted octanol–water partition coefficient (Wildman–Crippen LogP) is 5.95. The third-order valence-electron chi connectivity index (χ3n) is 3.99. The molecule has 0 heterocycles. The Morgan fingerprint density at radius 3 is 1.19 bits per heavy atom. The van der Waals surface area contributed by atoms with Gasteiger partial charge in [0.1, 0.15) is 0 Å². The van der Waals surface area contributed by atoms with Crippen molar-refractivity contribution in [2.24, 2.45) is 0 Å². The molecule has 0 aliphatic carbocycles. The quantitative estimate of drug-likeness (QED) is 0.214. The number of rotatable bonds is 16. The molecule has 0 bridgehead atoms. The van der Waals surface area contributed by atoms with Gasteiger partial charge in [-0.15, -0.1) is 0 Å². The van der Waals surface area contributed by atoms with Gasteiger partial charge in [0, 0.05) is 33.7 Å². The molecule has 21 heavy (non-hydrogen) atoms. The summed E-state index contributed by atoms with van der Waals surface area (Å²) in [5.74, 6) is -0.653. The van der Waals surface area contributed by atoms with E-state index in [0.29, 0.717) is 6.42 Å². The minimum Gasteiger partial charge on any atom is -0.481 e. The summed E-state index contributed by atoms with van der Waals surface area (Å²) >= 11 is 0. The molecular formula is C18H36O2Pb. The summed E-state index contributed by atoms with van der Waals surface area (Å²) in [6.07, 6.45) is 20.2. The van der Waals surface area contributed by atoms with Crippen molar-refractivity contribution in [3.8, 4) is 0 Å². The monoisotopic (exact) mass is 492 g/mol. The van der Waals surface area contributed by atoms with Gasteiger partial charge < -0.3 is 5.11 Å². The van der Waals surface area contributed by atoms with Crippen molar-refractivity contribution in [2.75, 3.05) is 0 Å². The van der Waals surface area contributed by atoms with Gasteiger partial charge in [0.25, 0.3) is 0 Å². The number of hydrogen-bond donors (Lipinski definition) is 1. The Bertz CT molecular complexity index is 207. The molecule has 0 saturated carbocycles. The standard InChI is InChI=1S/C18H36O2.Pb/c1-2-3-4-5-6-7-8-9-10-11-12-13-14-15-16-17-18(19)20;/h2-17H2,1H3,(H,19,20);. The molecule has 0 atom stereocenters. The van der Waals surface area contributed by atoms with Crippen molar-refractivity contribution < 1.29 is 9.90 Å². The molecule has 0 saturated heterocycles. The van der Waals surface area contributed by atoms with Gasteiger partial charge in [-0.3, -0.25) is 4.79 Å². The van der Waals surface area contributed by atoms with E-state index in [-0.39, 0.29) is 27.3 Å². The number of hydrogen-bond acceptors (Lipinski definition) is 1. The van der Waals surface area contributed by atoms with Crippen LogP contribution in [0.15, 0.2) is 0 Å². The first-order valence-electron chi connectivity index (χ1n) is 8.99. The van der Waals surface area contributed by atoms with E-state index in [4.69, 9.17) is 5.11 Å². The van der Waals surface area contributed by atoms with Crippen molar-refractivity contribution in [3.63, 3.8) is 0 Å². The molecule has 3 heteroatoms. The Kier molecular flexibility index (Phi) is 23.0. The maximum absolute atomic E-state index is 10.3. The second kappa shape index (κ2) is 20.4. The normalized spacial score (nSPS) is 10.3. The van der Waals surface area contributed by atoms with Gasteiger partial charge in [-0.1, -0.05) is 96.8 Å². The first-order chi connectivity index (χ1) is 9.77. The number of carboxylic acids is 1. The van der Waals surface area contributed by atoms with Crippen molar-refractivity contribution in [2.45, 2.75) is 110 Å². The summed E-state index contributed by atoms with van der Waals surface area (Å²) in [5, 5.41) is 8.52. The summed E-state index contributed by atoms with van der Waals surface area (Å²) in [7, 11) is 0. The van der Waals surface area contributed by atoms with E-state index >= 15 is 0 Å². The van der Waals surface area contributed by atoms with Crippen molar-refractivity contribution in [1.82, 2.24) is 0 Å². The summed E-state index contributed by atoms with van der Waals surface area (Å²) < 4.78 is 0. The first-order valence-corrected chi connectivity index (χ1v) is 8.99. The third kappa shape index (κ3) is 22.8. The Morgan fingerprint density at radius 1 is 0.619 bits per heavy atom. The van der Waals surface area contributed by atoms with E-state index < -0.39 is 5.97 Å². The van der Waals surface area contributed by atoms with Crippen LogP contribution in [0.3, 0.4) is 0 Å². The largest absolute Gasteiger partial charge is 0.481 e.